The maximum absolute atomic E-state index is 13.7. The van der Waals surface area contributed by atoms with Crippen molar-refractivity contribution in [3.8, 4) is 0 Å². The van der Waals surface area contributed by atoms with Gasteiger partial charge < -0.3 is 10.6 Å². The van der Waals surface area contributed by atoms with E-state index in [9.17, 15) is 18.4 Å². The first-order valence-electron chi connectivity index (χ1n) is 8.32. The van der Waals surface area contributed by atoms with E-state index in [0.29, 0.717) is 16.9 Å². The molecule has 2 aromatic carbocycles. The van der Waals surface area contributed by atoms with E-state index in [1.165, 1.54) is 19.1 Å². The molecule has 3 aromatic rings. The highest BCUT2D eigenvalue weighted by atomic mass is 19.1. The predicted molar refractivity (Wildman–Crippen MR) is 101 cm³/mol. The lowest BCUT2D eigenvalue weighted by Crippen LogP contribution is -2.17. The minimum atomic E-state index is -0.890. The van der Waals surface area contributed by atoms with Crippen molar-refractivity contribution >= 4 is 29.0 Å². The van der Waals surface area contributed by atoms with Crippen molar-refractivity contribution in [3.05, 3.63) is 77.1 Å². The molecule has 1 aromatic heterocycles. The zero-order valence-corrected chi connectivity index (χ0v) is 15.1. The van der Waals surface area contributed by atoms with Crippen molar-refractivity contribution in [2.75, 3.05) is 10.6 Å². The molecule has 3 rings (SSSR count). The van der Waals surface area contributed by atoms with Crippen LogP contribution in [0.2, 0.25) is 0 Å². The van der Waals surface area contributed by atoms with E-state index in [1.54, 1.807) is 31.2 Å². The summed E-state index contributed by atoms with van der Waals surface area (Å²) < 4.78 is 27.5. The Morgan fingerprint density at radius 2 is 1.64 bits per heavy atom. The molecule has 0 spiro atoms. The van der Waals surface area contributed by atoms with Gasteiger partial charge in [-0.15, -0.1) is 0 Å². The minimum Gasteiger partial charge on any atom is -0.324 e. The number of nitrogens with one attached hydrogen (secondary N) is 2. The summed E-state index contributed by atoms with van der Waals surface area (Å²) in [6.07, 6.45) is 0. The second kappa shape index (κ2) is 7.91. The number of hydrogen-bond donors (Lipinski definition) is 2. The van der Waals surface area contributed by atoms with E-state index in [2.05, 4.69) is 20.6 Å². The first-order valence-corrected chi connectivity index (χ1v) is 8.32. The Morgan fingerprint density at radius 1 is 0.964 bits per heavy atom. The fraction of sp³-hybridized carbons (Fsp3) is 0.100. The van der Waals surface area contributed by atoms with E-state index in [-0.39, 0.29) is 17.4 Å². The lowest BCUT2D eigenvalue weighted by atomic mass is 10.1. The Morgan fingerprint density at radius 3 is 2.32 bits per heavy atom. The molecule has 1 amide bonds. The summed E-state index contributed by atoms with van der Waals surface area (Å²) in [7, 11) is 0. The van der Waals surface area contributed by atoms with Crippen LogP contribution in [0.3, 0.4) is 0 Å². The minimum absolute atomic E-state index is 0.0691. The molecule has 0 fully saturated rings. The van der Waals surface area contributed by atoms with Crippen LogP contribution in [0.25, 0.3) is 0 Å². The van der Waals surface area contributed by atoms with Crippen molar-refractivity contribution in [1.29, 1.82) is 0 Å². The molecular weight excluding hydrogens is 366 g/mol. The molecule has 0 unspecified atom stereocenters. The normalized spacial score (nSPS) is 10.4. The number of hydrogen-bond acceptors (Lipinski definition) is 5. The number of ketones is 1. The summed E-state index contributed by atoms with van der Waals surface area (Å²) >= 11 is 0. The van der Waals surface area contributed by atoms with E-state index in [1.807, 2.05) is 0 Å². The molecule has 8 heteroatoms. The van der Waals surface area contributed by atoms with Crippen LogP contribution in [0, 0.1) is 18.6 Å². The van der Waals surface area contributed by atoms with Crippen LogP contribution in [-0.2, 0) is 0 Å². The average Bonchev–Trinajstić information content (AvgIpc) is 2.64. The largest absolute Gasteiger partial charge is 0.324 e. The number of aryl methyl sites for hydroxylation is 1. The number of amides is 1. The Hall–Kier alpha value is -3.68. The van der Waals surface area contributed by atoms with Gasteiger partial charge in [-0.3, -0.25) is 9.59 Å². The smallest absolute Gasteiger partial charge is 0.274 e. The third kappa shape index (κ3) is 4.35. The number of benzene rings is 2. The maximum Gasteiger partial charge on any atom is 0.274 e. The van der Waals surface area contributed by atoms with Gasteiger partial charge in [0, 0.05) is 16.9 Å². The van der Waals surface area contributed by atoms with Crippen molar-refractivity contribution < 1.29 is 18.4 Å². The molecule has 0 bridgehead atoms. The SMILES string of the molecule is CC(=O)c1cccc(Nc2nc(C)cc(C(=O)Nc3c(F)cccc3F)n2)c1. The highest BCUT2D eigenvalue weighted by molar-refractivity contribution is 6.03. The van der Waals surface area contributed by atoms with Gasteiger partial charge in [-0.2, -0.15) is 0 Å². The highest BCUT2D eigenvalue weighted by Crippen LogP contribution is 2.20. The van der Waals surface area contributed by atoms with E-state index in [4.69, 9.17) is 0 Å². The summed E-state index contributed by atoms with van der Waals surface area (Å²) in [5.41, 5.74) is 0.919. The first kappa shape index (κ1) is 19.1. The molecule has 0 saturated carbocycles. The number of rotatable bonds is 5. The summed E-state index contributed by atoms with van der Waals surface area (Å²) in [5, 5.41) is 5.10. The number of carbonyl (C=O) groups is 2. The Kier molecular flexibility index (Phi) is 5.39. The van der Waals surface area contributed by atoms with Gasteiger partial charge in [0.15, 0.2) is 5.78 Å². The van der Waals surface area contributed by atoms with E-state index < -0.39 is 23.2 Å². The molecule has 6 nitrogen and oxygen atoms in total. The Labute approximate surface area is 159 Å². The van der Waals surface area contributed by atoms with Crippen LogP contribution in [-0.4, -0.2) is 21.7 Å². The van der Waals surface area contributed by atoms with Gasteiger partial charge in [-0.25, -0.2) is 18.7 Å². The number of para-hydroxylation sites is 1. The molecule has 28 heavy (non-hydrogen) atoms. The average molecular weight is 382 g/mol. The van der Waals surface area contributed by atoms with Crippen LogP contribution >= 0.6 is 0 Å². The van der Waals surface area contributed by atoms with Crippen molar-refractivity contribution in [3.63, 3.8) is 0 Å². The lowest BCUT2D eigenvalue weighted by molar-refractivity contribution is 0.101. The fourth-order valence-electron chi connectivity index (χ4n) is 2.48. The number of nitrogens with zero attached hydrogens (tertiary/aromatic N) is 2. The standard InChI is InChI=1S/C20H16F2N4O2/c1-11-9-17(19(28)26-18-15(21)7-4-8-16(18)22)25-20(23-11)24-14-6-3-5-13(10-14)12(2)27/h3-10H,1-2H3,(H,26,28)(H,23,24,25). The first-order chi connectivity index (χ1) is 13.3. The summed E-state index contributed by atoms with van der Waals surface area (Å²) in [6.45, 7) is 3.10. The number of halogens is 2. The topological polar surface area (TPSA) is 84.0 Å². The van der Waals surface area contributed by atoms with Crippen LogP contribution < -0.4 is 10.6 Å². The molecule has 2 N–H and O–H groups in total. The van der Waals surface area contributed by atoms with Gasteiger partial charge in [0.2, 0.25) is 5.95 Å². The molecule has 0 saturated heterocycles. The van der Waals surface area contributed by atoms with Gasteiger partial charge in [-0.05, 0) is 44.2 Å². The Balaban J connectivity index is 1.86. The maximum atomic E-state index is 13.7. The van der Waals surface area contributed by atoms with Crippen LogP contribution in [0.5, 0.6) is 0 Å². The monoisotopic (exact) mass is 382 g/mol. The summed E-state index contributed by atoms with van der Waals surface area (Å²) in [5.74, 6) is -2.55. The molecule has 0 aliphatic carbocycles. The van der Waals surface area contributed by atoms with Crippen LogP contribution in [0.4, 0.5) is 26.1 Å². The van der Waals surface area contributed by atoms with E-state index >= 15 is 0 Å². The third-order valence-electron chi connectivity index (χ3n) is 3.81. The predicted octanol–water partition coefficient (Wildman–Crippen LogP) is 4.26. The summed E-state index contributed by atoms with van der Waals surface area (Å²) in [4.78, 5) is 32.2. The van der Waals surface area contributed by atoms with E-state index in [0.717, 1.165) is 12.1 Å². The van der Waals surface area contributed by atoms with Crippen molar-refractivity contribution in [2.45, 2.75) is 13.8 Å². The molecular formula is C20H16F2N4O2. The third-order valence-corrected chi connectivity index (χ3v) is 3.81. The van der Waals surface area contributed by atoms with Crippen molar-refractivity contribution in [2.24, 2.45) is 0 Å². The van der Waals surface area contributed by atoms with Crippen molar-refractivity contribution in [1.82, 2.24) is 9.97 Å². The number of carbonyl (C=O) groups excluding carboxylic acids is 2. The van der Waals surface area contributed by atoms with Gasteiger partial charge in [-0.1, -0.05) is 18.2 Å². The van der Waals surface area contributed by atoms with Gasteiger partial charge in [0.1, 0.15) is 23.0 Å². The number of aromatic nitrogens is 2. The quantitative estimate of drug-likeness (QED) is 0.644. The molecule has 142 valence electrons. The zero-order valence-electron chi connectivity index (χ0n) is 15.1. The lowest BCUT2D eigenvalue weighted by Gasteiger charge is -2.10. The van der Waals surface area contributed by atoms with Gasteiger partial charge in [0.05, 0.1) is 0 Å². The summed E-state index contributed by atoms with van der Waals surface area (Å²) in [6, 6.07) is 11.4. The van der Waals surface area contributed by atoms with Gasteiger partial charge >= 0.3 is 0 Å². The Bertz CT molecular complexity index is 1050. The molecule has 0 atom stereocenters. The highest BCUT2D eigenvalue weighted by Gasteiger charge is 2.16. The molecule has 1 heterocycles. The molecule has 0 aliphatic rings. The van der Waals surface area contributed by atoms with Gasteiger partial charge in [0.25, 0.3) is 5.91 Å². The molecule has 0 radical (unpaired) electrons. The number of Topliss-reactive ketones (excluding diaryl/α,β-unsaturated/α-hetero) is 1. The molecule has 0 aliphatic heterocycles. The van der Waals surface area contributed by atoms with Crippen LogP contribution in [0.15, 0.2) is 48.5 Å². The zero-order chi connectivity index (χ0) is 20.3. The second-order valence-electron chi connectivity index (χ2n) is 6.03. The fourth-order valence-corrected chi connectivity index (χ4v) is 2.48. The van der Waals surface area contributed by atoms with Crippen LogP contribution in [0.1, 0.15) is 33.5 Å². The second-order valence-corrected chi connectivity index (χ2v) is 6.03. The number of anilines is 3.